The minimum absolute atomic E-state index is 0.543. The standard InChI is InChI=1S/C12H11ClN2/c13-11-4-5-12(15-8-11)10-3-1-2-9(6-10)7-14/h1-6,8H,7,14H2. The predicted octanol–water partition coefficient (Wildman–Crippen LogP) is 2.86. The normalized spacial score (nSPS) is 10.3. The highest BCUT2D eigenvalue weighted by atomic mass is 35.5. The Bertz CT molecular complexity index is 451. The number of nitrogens with zero attached hydrogens (tertiary/aromatic N) is 1. The molecule has 2 aromatic rings. The van der Waals surface area contributed by atoms with Crippen LogP contribution in [0.5, 0.6) is 0 Å². The zero-order valence-corrected chi connectivity index (χ0v) is 8.91. The highest BCUT2D eigenvalue weighted by molar-refractivity contribution is 6.30. The quantitative estimate of drug-likeness (QED) is 0.842. The molecule has 1 aromatic carbocycles. The van der Waals surface area contributed by atoms with Crippen molar-refractivity contribution in [3.8, 4) is 11.3 Å². The highest BCUT2D eigenvalue weighted by Crippen LogP contribution is 2.19. The second-order valence-corrected chi connectivity index (χ2v) is 3.70. The molecule has 2 nitrogen and oxygen atoms in total. The van der Waals surface area contributed by atoms with E-state index >= 15 is 0 Å². The van der Waals surface area contributed by atoms with Gasteiger partial charge in [-0.25, -0.2) is 0 Å². The molecule has 0 atom stereocenters. The average molecular weight is 219 g/mol. The van der Waals surface area contributed by atoms with Gasteiger partial charge in [0.1, 0.15) is 0 Å². The van der Waals surface area contributed by atoms with E-state index in [9.17, 15) is 0 Å². The fourth-order valence-corrected chi connectivity index (χ4v) is 1.52. The number of rotatable bonds is 2. The molecule has 0 saturated carbocycles. The number of hydrogen-bond acceptors (Lipinski definition) is 2. The number of hydrogen-bond donors (Lipinski definition) is 1. The number of nitrogens with two attached hydrogens (primary N) is 1. The molecular weight excluding hydrogens is 208 g/mol. The van der Waals surface area contributed by atoms with Crippen LogP contribution in [0.3, 0.4) is 0 Å². The third-order valence-electron chi connectivity index (χ3n) is 2.19. The van der Waals surface area contributed by atoms with Crippen molar-refractivity contribution in [1.82, 2.24) is 4.98 Å². The average Bonchev–Trinajstić information content (AvgIpc) is 2.30. The highest BCUT2D eigenvalue weighted by Gasteiger charge is 1.99. The summed E-state index contributed by atoms with van der Waals surface area (Å²) in [4.78, 5) is 4.25. The van der Waals surface area contributed by atoms with Crippen molar-refractivity contribution >= 4 is 11.6 Å². The van der Waals surface area contributed by atoms with Gasteiger partial charge in [0.05, 0.1) is 10.7 Å². The van der Waals surface area contributed by atoms with E-state index in [0.29, 0.717) is 11.6 Å². The lowest BCUT2D eigenvalue weighted by Gasteiger charge is -2.02. The SMILES string of the molecule is NCc1cccc(-c2ccc(Cl)cn2)c1. The van der Waals surface area contributed by atoms with Crippen molar-refractivity contribution < 1.29 is 0 Å². The lowest BCUT2D eigenvalue weighted by molar-refractivity contribution is 1.07. The van der Waals surface area contributed by atoms with E-state index in [1.807, 2.05) is 36.4 Å². The molecule has 0 aliphatic heterocycles. The first-order valence-corrected chi connectivity index (χ1v) is 5.08. The first kappa shape index (κ1) is 10.1. The van der Waals surface area contributed by atoms with Crippen LogP contribution in [0.25, 0.3) is 11.3 Å². The van der Waals surface area contributed by atoms with Crippen LogP contribution in [-0.4, -0.2) is 4.98 Å². The summed E-state index contributed by atoms with van der Waals surface area (Å²) >= 11 is 5.78. The Hall–Kier alpha value is -1.38. The van der Waals surface area contributed by atoms with Gasteiger partial charge < -0.3 is 5.73 Å². The van der Waals surface area contributed by atoms with Crippen LogP contribution in [-0.2, 0) is 6.54 Å². The topological polar surface area (TPSA) is 38.9 Å². The molecule has 0 aliphatic carbocycles. The van der Waals surface area contributed by atoms with Crippen LogP contribution in [0, 0.1) is 0 Å². The van der Waals surface area contributed by atoms with E-state index in [2.05, 4.69) is 4.98 Å². The van der Waals surface area contributed by atoms with Gasteiger partial charge in [-0.05, 0) is 23.8 Å². The van der Waals surface area contributed by atoms with Gasteiger partial charge in [0.25, 0.3) is 0 Å². The van der Waals surface area contributed by atoms with E-state index in [4.69, 9.17) is 17.3 Å². The van der Waals surface area contributed by atoms with E-state index in [1.54, 1.807) is 6.20 Å². The molecule has 3 heteroatoms. The number of halogens is 1. The number of benzene rings is 1. The lowest BCUT2D eigenvalue weighted by Crippen LogP contribution is -1.96. The second kappa shape index (κ2) is 4.43. The molecule has 15 heavy (non-hydrogen) atoms. The first-order valence-electron chi connectivity index (χ1n) is 4.70. The predicted molar refractivity (Wildman–Crippen MR) is 62.6 cm³/mol. The summed E-state index contributed by atoms with van der Waals surface area (Å²) in [5.74, 6) is 0. The van der Waals surface area contributed by atoms with Gasteiger partial charge >= 0.3 is 0 Å². The van der Waals surface area contributed by atoms with Crippen LogP contribution in [0.2, 0.25) is 5.02 Å². The Morgan fingerprint density at radius 1 is 1.20 bits per heavy atom. The largest absolute Gasteiger partial charge is 0.326 e. The maximum Gasteiger partial charge on any atom is 0.0703 e. The summed E-state index contributed by atoms with van der Waals surface area (Å²) < 4.78 is 0. The Balaban J connectivity index is 2.40. The van der Waals surface area contributed by atoms with Gasteiger partial charge in [-0.3, -0.25) is 4.98 Å². The maximum absolute atomic E-state index is 5.78. The van der Waals surface area contributed by atoms with E-state index in [0.717, 1.165) is 16.8 Å². The molecule has 0 unspecified atom stereocenters. The van der Waals surface area contributed by atoms with Crippen LogP contribution >= 0.6 is 11.6 Å². The summed E-state index contributed by atoms with van der Waals surface area (Å²) in [5.41, 5.74) is 8.66. The third kappa shape index (κ3) is 2.35. The van der Waals surface area contributed by atoms with Crippen molar-refractivity contribution in [2.75, 3.05) is 0 Å². The Kier molecular flexibility index (Phi) is 2.99. The molecule has 0 amide bonds. The summed E-state index contributed by atoms with van der Waals surface area (Å²) in [6.45, 7) is 0.543. The smallest absolute Gasteiger partial charge is 0.0703 e. The van der Waals surface area contributed by atoms with Gasteiger partial charge in [-0.2, -0.15) is 0 Å². The van der Waals surface area contributed by atoms with Crippen molar-refractivity contribution in [3.63, 3.8) is 0 Å². The van der Waals surface area contributed by atoms with Gasteiger partial charge in [0.15, 0.2) is 0 Å². The Morgan fingerprint density at radius 3 is 2.73 bits per heavy atom. The third-order valence-corrected chi connectivity index (χ3v) is 2.41. The van der Waals surface area contributed by atoms with Crippen molar-refractivity contribution in [2.24, 2.45) is 5.73 Å². The second-order valence-electron chi connectivity index (χ2n) is 3.27. The molecule has 0 radical (unpaired) electrons. The van der Waals surface area contributed by atoms with Crippen LogP contribution in [0.1, 0.15) is 5.56 Å². The van der Waals surface area contributed by atoms with Crippen molar-refractivity contribution in [1.29, 1.82) is 0 Å². The fraction of sp³-hybridized carbons (Fsp3) is 0.0833. The molecule has 76 valence electrons. The fourth-order valence-electron chi connectivity index (χ4n) is 1.40. The molecule has 0 saturated heterocycles. The van der Waals surface area contributed by atoms with Crippen molar-refractivity contribution in [2.45, 2.75) is 6.54 Å². The van der Waals surface area contributed by atoms with Crippen LogP contribution in [0.15, 0.2) is 42.6 Å². The molecule has 0 aliphatic rings. The summed E-state index contributed by atoms with van der Waals surface area (Å²) in [5, 5.41) is 0.647. The van der Waals surface area contributed by atoms with Gasteiger partial charge in [-0.15, -0.1) is 0 Å². The minimum atomic E-state index is 0.543. The number of aromatic nitrogens is 1. The van der Waals surface area contributed by atoms with E-state index in [-0.39, 0.29) is 0 Å². The van der Waals surface area contributed by atoms with Crippen LogP contribution in [0.4, 0.5) is 0 Å². The lowest BCUT2D eigenvalue weighted by atomic mass is 10.1. The summed E-state index contributed by atoms with van der Waals surface area (Å²) in [6, 6.07) is 11.8. The molecule has 0 bridgehead atoms. The maximum atomic E-state index is 5.78. The molecule has 0 fully saturated rings. The van der Waals surface area contributed by atoms with Gasteiger partial charge in [0.2, 0.25) is 0 Å². The minimum Gasteiger partial charge on any atom is -0.326 e. The number of pyridine rings is 1. The molecular formula is C12H11ClN2. The molecule has 1 aromatic heterocycles. The summed E-state index contributed by atoms with van der Waals surface area (Å²) in [7, 11) is 0. The van der Waals surface area contributed by atoms with Gasteiger partial charge in [0, 0.05) is 18.3 Å². The monoisotopic (exact) mass is 218 g/mol. The van der Waals surface area contributed by atoms with Crippen molar-refractivity contribution in [3.05, 3.63) is 53.2 Å². The zero-order valence-electron chi connectivity index (χ0n) is 8.15. The molecule has 1 heterocycles. The van der Waals surface area contributed by atoms with E-state index < -0.39 is 0 Å². The molecule has 0 spiro atoms. The summed E-state index contributed by atoms with van der Waals surface area (Å²) in [6.07, 6.45) is 1.64. The Labute approximate surface area is 93.7 Å². The molecule has 2 rings (SSSR count). The van der Waals surface area contributed by atoms with Gasteiger partial charge in [-0.1, -0.05) is 29.8 Å². The zero-order chi connectivity index (χ0) is 10.7. The van der Waals surface area contributed by atoms with Crippen LogP contribution < -0.4 is 5.73 Å². The first-order chi connectivity index (χ1) is 7.29. The Morgan fingerprint density at radius 2 is 2.07 bits per heavy atom. The van der Waals surface area contributed by atoms with E-state index in [1.165, 1.54) is 0 Å². The molecule has 2 N–H and O–H groups in total.